The maximum absolute atomic E-state index is 10.8. The third-order valence-corrected chi connectivity index (χ3v) is 5.95. The van der Waals surface area contributed by atoms with Crippen molar-refractivity contribution < 1.29 is 19.7 Å². The van der Waals surface area contributed by atoms with Gasteiger partial charge in [-0.25, -0.2) is 0 Å². The van der Waals surface area contributed by atoms with Crippen LogP contribution in [0.1, 0.15) is 0 Å². The van der Waals surface area contributed by atoms with Gasteiger partial charge in [0.25, 0.3) is 0 Å². The topological polar surface area (TPSA) is 73.8 Å². The molecule has 0 unspecified atom stereocenters. The Bertz CT molecular complexity index is 1640. The summed E-state index contributed by atoms with van der Waals surface area (Å²) in [5, 5.41) is 35.3. The maximum Gasteiger partial charge on any atom is 0.143 e. The van der Waals surface area contributed by atoms with E-state index in [4.69, 9.17) is 4.42 Å². The van der Waals surface area contributed by atoms with Crippen LogP contribution in [0.25, 0.3) is 55.0 Å². The molecule has 154 valence electrons. The number of para-hydroxylation sites is 1. The zero-order valence-corrected chi connectivity index (χ0v) is 16.9. The van der Waals surface area contributed by atoms with E-state index in [1.54, 1.807) is 48.5 Å². The van der Waals surface area contributed by atoms with Crippen LogP contribution in [0.4, 0.5) is 0 Å². The zero-order chi connectivity index (χ0) is 21.8. The van der Waals surface area contributed by atoms with Crippen LogP contribution in [-0.4, -0.2) is 15.3 Å². The van der Waals surface area contributed by atoms with Crippen LogP contribution in [-0.2, 0) is 0 Å². The number of benzene rings is 5. The molecule has 0 radical (unpaired) electrons. The smallest absolute Gasteiger partial charge is 0.143 e. The molecule has 0 aliphatic carbocycles. The quantitative estimate of drug-likeness (QED) is 0.260. The Kier molecular flexibility index (Phi) is 3.89. The summed E-state index contributed by atoms with van der Waals surface area (Å²) in [5.74, 6) is 1.11. The molecule has 0 spiro atoms. The molecule has 3 N–H and O–H groups in total. The first-order valence-electron chi connectivity index (χ1n) is 10.3. The molecule has 5 aromatic carbocycles. The number of fused-ring (bicyclic) bond motifs is 6. The highest BCUT2D eigenvalue weighted by atomic mass is 16.3. The summed E-state index contributed by atoms with van der Waals surface area (Å²) in [4.78, 5) is 0. The third-order valence-electron chi connectivity index (χ3n) is 5.95. The first-order valence-corrected chi connectivity index (χ1v) is 10.3. The van der Waals surface area contributed by atoms with Crippen molar-refractivity contribution in [3.8, 4) is 39.7 Å². The predicted octanol–water partition coefficient (Wildman–Crippen LogP) is 7.19. The lowest BCUT2D eigenvalue weighted by Crippen LogP contribution is -1.84. The van der Waals surface area contributed by atoms with Crippen LogP contribution >= 0.6 is 0 Å². The van der Waals surface area contributed by atoms with Crippen LogP contribution in [0.15, 0.2) is 95.4 Å². The lowest BCUT2D eigenvalue weighted by Gasteiger charge is -2.10. The number of phenols is 3. The number of aromatic hydroxyl groups is 3. The van der Waals surface area contributed by atoms with Crippen LogP contribution in [0.3, 0.4) is 0 Å². The number of hydrogen-bond donors (Lipinski definition) is 3. The standard InChI is InChI=1S/C28H18O4/c29-17-11-9-16(10-12-17)27-26(22-7-3-4-8-24(22)31)25-20-14-13-18(30)15-23(20)19-5-1-2-6-21(19)28(25)32-27/h1-15,29-31H. The maximum atomic E-state index is 10.8. The summed E-state index contributed by atoms with van der Waals surface area (Å²) in [6, 6.07) is 27.3. The molecule has 1 aromatic heterocycles. The van der Waals surface area contributed by atoms with Gasteiger partial charge in [-0.3, -0.25) is 0 Å². The van der Waals surface area contributed by atoms with Gasteiger partial charge in [0.1, 0.15) is 28.6 Å². The van der Waals surface area contributed by atoms with E-state index in [0.717, 1.165) is 38.1 Å². The predicted molar refractivity (Wildman–Crippen MR) is 127 cm³/mol. The van der Waals surface area contributed by atoms with Crippen molar-refractivity contribution >= 4 is 32.5 Å². The average molecular weight is 418 g/mol. The van der Waals surface area contributed by atoms with Gasteiger partial charge >= 0.3 is 0 Å². The zero-order valence-electron chi connectivity index (χ0n) is 16.9. The van der Waals surface area contributed by atoms with Crippen LogP contribution in [0.2, 0.25) is 0 Å². The number of phenolic OH excluding ortho intramolecular Hbond substituents is 3. The van der Waals surface area contributed by atoms with Gasteiger partial charge in [-0.2, -0.15) is 0 Å². The fraction of sp³-hybridized carbons (Fsp3) is 0. The van der Waals surface area contributed by atoms with E-state index in [1.807, 2.05) is 42.5 Å². The molecule has 0 saturated heterocycles. The first kappa shape index (κ1) is 18.3. The summed E-state index contributed by atoms with van der Waals surface area (Å²) in [5.41, 5.74) is 2.91. The number of hydrogen-bond acceptors (Lipinski definition) is 4. The summed E-state index contributed by atoms with van der Waals surface area (Å²) in [6.45, 7) is 0. The van der Waals surface area contributed by atoms with Gasteiger partial charge in [0, 0.05) is 27.5 Å². The van der Waals surface area contributed by atoms with Crippen molar-refractivity contribution in [3.05, 3.63) is 91.0 Å². The molecule has 4 nitrogen and oxygen atoms in total. The van der Waals surface area contributed by atoms with Gasteiger partial charge in [-0.05, 0) is 64.7 Å². The van der Waals surface area contributed by atoms with Crippen LogP contribution < -0.4 is 0 Å². The Balaban J connectivity index is 1.88. The van der Waals surface area contributed by atoms with Crippen molar-refractivity contribution in [2.24, 2.45) is 0 Å². The third kappa shape index (κ3) is 2.63. The highest BCUT2D eigenvalue weighted by molar-refractivity contribution is 6.28. The second-order valence-electron chi connectivity index (χ2n) is 7.85. The molecule has 0 fully saturated rings. The fourth-order valence-corrected chi connectivity index (χ4v) is 4.52. The summed E-state index contributed by atoms with van der Waals surface area (Å²) in [6.07, 6.45) is 0. The molecule has 6 aromatic rings. The van der Waals surface area contributed by atoms with Crippen molar-refractivity contribution in [1.29, 1.82) is 0 Å². The molecule has 32 heavy (non-hydrogen) atoms. The van der Waals surface area contributed by atoms with Crippen molar-refractivity contribution in [2.45, 2.75) is 0 Å². The molecule has 0 saturated carbocycles. The molecule has 0 atom stereocenters. The Labute approximate surface area is 183 Å². The van der Waals surface area contributed by atoms with Gasteiger partial charge in [-0.1, -0.05) is 42.5 Å². The van der Waals surface area contributed by atoms with Gasteiger partial charge < -0.3 is 19.7 Å². The van der Waals surface area contributed by atoms with E-state index in [9.17, 15) is 15.3 Å². The normalized spacial score (nSPS) is 11.5. The average Bonchev–Trinajstić information content (AvgIpc) is 3.20. The van der Waals surface area contributed by atoms with E-state index in [2.05, 4.69) is 0 Å². The monoisotopic (exact) mass is 418 g/mol. The van der Waals surface area contributed by atoms with Crippen molar-refractivity contribution in [3.63, 3.8) is 0 Å². The van der Waals surface area contributed by atoms with E-state index in [0.29, 0.717) is 16.9 Å². The summed E-state index contributed by atoms with van der Waals surface area (Å²) in [7, 11) is 0. The second-order valence-corrected chi connectivity index (χ2v) is 7.85. The van der Waals surface area contributed by atoms with E-state index >= 15 is 0 Å². The Hall–Kier alpha value is -4.44. The minimum atomic E-state index is 0.148. The molecular formula is C28H18O4. The van der Waals surface area contributed by atoms with E-state index < -0.39 is 0 Å². The van der Waals surface area contributed by atoms with Crippen molar-refractivity contribution in [2.75, 3.05) is 0 Å². The lowest BCUT2D eigenvalue weighted by molar-refractivity contribution is 0.475. The Morgan fingerprint density at radius 2 is 1.25 bits per heavy atom. The second kappa shape index (κ2) is 6.79. The SMILES string of the molecule is Oc1ccc(-c2oc3c4ccccc4c4cc(O)ccc4c3c2-c2ccccc2O)cc1. The minimum absolute atomic E-state index is 0.148. The molecule has 0 aliphatic heterocycles. The molecule has 6 rings (SSSR count). The largest absolute Gasteiger partial charge is 0.508 e. The van der Waals surface area contributed by atoms with E-state index in [1.165, 1.54) is 0 Å². The fourth-order valence-electron chi connectivity index (χ4n) is 4.52. The molecule has 0 aliphatic rings. The molecular weight excluding hydrogens is 400 g/mol. The first-order chi connectivity index (χ1) is 15.6. The van der Waals surface area contributed by atoms with Gasteiger partial charge in [0.05, 0.1) is 0 Å². The minimum Gasteiger partial charge on any atom is -0.508 e. The Morgan fingerprint density at radius 3 is 2.03 bits per heavy atom. The van der Waals surface area contributed by atoms with Crippen LogP contribution in [0.5, 0.6) is 17.2 Å². The molecule has 0 bridgehead atoms. The lowest BCUT2D eigenvalue weighted by atomic mass is 9.92. The Morgan fingerprint density at radius 1 is 0.562 bits per heavy atom. The van der Waals surface area contributed by atoms with Gasteiger partial charge in [0.15, 0.2) is 0 Å². The van der Waals surface area contributed by atoms with Gasteiger partial charge in [0.2, 0.25) is 0 Å². The molecule has 0 amide bonds. The molecule has 4 heteroatoms. The molecule has 1 heterocycles. The summed E-state index contributed by atoms with van der Waals surface area (Å²) >= 11 is 0. The highest BCUT2D eigenvalue weighted by Gasteiger charge is 2.24. The van der Waals surface area contributed by atoms with Gasteiger partial charge in [-0.15, -0.1) is 0 Å². The van der Waals surface area contributed by atoms with Crippen LogP contribution in [0, 0.1) is 0 Å². The van der Waals surface area contributed by atoms with Crippen molar-refractivity contribution in [1.82, 2.24) is 0 Å². The number of rotatable bonds is 2. The highest BCUT2D eigenvalue weighted by Crippen LogP contribution is 2.49. The van der Waals surface area contributed by atoms with E-state index in [-0.39, 0.29) is 17.2 Å². The number of furan rings is 1. The summed E-state index contributed by atoms with van der Waals surface area (Å²) < 4.78 is 6.53.